The predicted octanol–water partition coefficient (Wildman–Crippen LogP) is 1.31. The molecule has 0 bridgehead atoms. The molecule has 2 aliphatic heterocycles. The van der Waals surface area contributed by atoms with Crippen molar-refractivity contribution in [3.05, 3.63) is 17.0 Å². The highest BCUT2D eigenvalue weighted by atomic mass is 16.2. The Morgan fingerprint density at radius 3 is 2.65 bits per heavy atom. The largest absolute Gasteiger partial charge is 0.341 e. The number of aromatic nitrogens is 2. The van der Waals surface area contributed by atoms with Crippen LogP contribution < -0.4 is 5.32 Å². The number of hydrogen-bond donors (Lipinski definition) is 2. The molecule has 0 aromatic carbocycles. The maximum absolute atomic E-state index is 13.0. The van der Waals surface area contributed by atoms with E-state index in [1.165, 1.54) is 25.7 Å². The fourth-order valence-corrected chi connectivity index (χ4v) is 4.51. The van der Waals surface area contributed by atoms with Crippen LogP contribution in [0, 0.1) is 5.92 Å². The molecule has 1 aromatic rings. The summed E-state index contributed by atoms with van der Waals surface area (Å²) >= 11 is 0. The van der Waals surface area contributed by atoms with E-state index in [-0.39, 0.29) is 11.8 Å². The number of fused-ring (bicyclic) bond motifs is 1. The van der Waals surface area contributed by atoms with E-state index in [1.807, 2.05) is 9.80 Å². The summed E-state index contributed by atoms with van der Waals surface area (Å²) in [6.45, 7) is 4.32. The Hall–Kier alpha value is -1.89. The number of rotatable bonds is 3. The van der Waals surface area contributed by atoms with Crippen molar-refractivity contribution in [2.24, 2.45) is 5.92 Å². The van der Waals surface area contributed by atoms with Crippen molar-refractivity contribution in [2.45, 2.75) is 51.5 Å². The lowest BCUT2D eigenvalue weighted by Crippen LogP contribution is -2.38. The topological polar surface area (TPSA) is 81.3 Å². The summed E-state index contributed by atoms with van der Waals surface area (Å²) < 4.78 is 0. The highest BCUT2D eigenvalue weighted by Gasteiger charge is 2.29. The van der Waals surface area contributed by atoms with E-state index in [2.05, 4.69) is 15.5 Å². The second-order valence-corrected chi connectivity index (χ2v) is 7.84. The summed E-state index contributed by atoms with van der Waals surface area (Å²) in [5.74, 6) is 0.843. The zero-order valence-electron chi connectivity index (χ0n) is 15.4. The van der Waals surface area contributed by atoms with Crippen molar-refractivity contribution < 1.29 is 9.59 Å². The molecule has 142 valence electrons. The van der Waals surface area contributed by atoms with E-state index >= 15 is 0 Å². The van der Waals surface area contributed by atoms with Gasteiger partial charge in [-0.25, -0.2) is 0 Å². The smallest absolute Gasteiger partial charge is 0.274 e. The molecule has 3 heterocycles. The maximum Gasteiger partial charge on any atom is 0.274 e. The highest BCUT2D eigenvalue weighted by molar-refractivity contribution is 5.94. The van der Waals surface area contributed by atoms with Crippen LogP contribution in [0.4, 0.5) is 0 Å². The standard InChI is InChI=1S/C19H29N5O2/c25-17(12-14-4-1-2-5-14)23-8-3-9-24(11-10-23)19(26)18-15-13-20-7-6-16(15)21-22-18/h14,20H,1-13H2,(H,21,22). The van der Waals surface area contributed by atoms with Gasteiger partial charge in [-0.05, 0) is 25.2 Å². The van der Waals surface area contributed by atoms with E-state index in [4.69, 9.17) is 0 Å². The van der Waals surface area contributed by atoms with Crippen LogP contribution in [0.1, 0.15) is 60.3 Å². The summed E-state index contributed by atoms with van der Waals surface area (Å²) in [7, 11) is 0. The Morgan fingerprint density at radius 2 is 1.81 bits per heavy atom. The Bertz CT molecular complexity index is 665. The lowest BCUT2D eigenvalue weighted by atomic mass is 10.0. The third-order valence-electron chi connectivity index (χ3n) is 6.08. The molecule has 0 unspecified atom stereocenters. The summed E-state index contributed by atoms with van der Waals surface area (Å²) in [6, 6.07) is 0. The van der Waals surface area contributed by atoms with Crippen LogP contribution in [0.5, 0.6) is 0 Å². The molecule has 0 atom stereocenters. The first-order valence-corrected chi connectivity index (χ1v) is 10.1. The summed E-state index contributed by atoms with van der Waals surface area (Å²) in [4.78, 5) is 29.4. The van der Waals surface area contributed by atoms with E-state index in [1.54, 1.807) is 0 Å². The molecule has 2 amide bonds. The third-order valence-corrected chi connectivity index (χ3v) is 6.08. The Kier molecular flexibility index (Phi) is 5.24. The van der Waals surface area contributed by atoms with Crippen molar-refractivity contribution in [3.63, 3.8) is 0 Å². The number of carbonyl (C=O) groups excluding carboxylic acids is 2. The second-order valence-electron chi connectivity index (χ2n) is 7.84. The van der Waals surface area contributed by atoms with Gasteiger partial charge in [-0.2, -0.15) is 5.10 Å². The Morgan fingerprint density at radius 1 is 1.04 bits per heavy atom. The number of hydrogen-bond acceptors (Lipinski definition) is 4. The maximum atomic E-state index is 13.0. The molecule has 1 aromatic heterocycles. The lowest BCUT2D eigenvalue weighted by Gasteiger charge is -2.23. The molecule has 3 aliphatic rings. The Labute approximate surface area is 154 Å². The first kappa shape index (κ1) is 17.5. The van der Waals surface area contributed by atoms with Gasteiger partial charge in [-0.1, -0.05) is 12.8 Å². The van der Waals surface area contributed by atoms with Crippen LogP contribution in [0.3, 0.4) is 0 Å². The number of carbonyl (C=O) groups is 2. The van der Waals surface area contributed by atoms with Crippen LogP contribution in [-0.2, 0) is 17.8 Å². The average molecular weight is 359 g/mol. The first-order chi connectivity index (χ1) is 12.7. The minimum Gasteiger partial charge on any atom is -0.341 e. The van der Waals surface area contributed by atoms with E-state index in [0.29, 0.717) is 44.2 Å². The van der Waals surface area contributed by atoms with Gasteiger partial charge in [-0.3, -0.25) is 14.7 Å². The van der Waals surface area contributed by atoms with Crippen molar-refractivity contribution in [3.8, 4) is 0 Å². The van der Waals surface area contributed by atoms with Crippen LogP contribution in [0.25, 0.3) is 0 Å². The number of nitrogens with one attached hydrogen (secondary N) is 2. The highest BCUT2D eigenvalue weighted by Crippen LogP contribution is 2.28. The van der Waals surface area contributed by atoms with Crippen molar-refractivity contribution in [1.82, 2.24) is 25.3 Å². The van der Waals surface area contributed by atoms with Gasteiger partial charge < -0.3 is 15.1 Å². The number of nitrogens with zero attached hydrogens (tertiary/aromatic N) is 3. The molecule has 4 rings (SSSR count). The molecular weight excluding hydrogens is 330 g/mol. The van der Waals surface area contributed by atoms with Crippen molar-refractivity contribution >= 4 is 11.8 Å². The molecule has 1 saturated heterocycles. The van der Waals surface area contributed by atoms with Crippen LogP contribution >= 0.6 is 0 Å². The van der Waals surface area contributed by atoms with E-state index in [0.717, 1.165) is 37.2 Å². The third kappa shape index (κ3) is 3.63. The number of amides is 2. The molecule has 7 heteroatoms. The molecule has 2 N–H and O–H groups in total. The van der Waals surface area contributed by atoms with Crippen LogP contribution in [0.15, 0.2) is 0 Å². The Balaban J connectivity index is 1.36. The summed E-state index contributed by atoms with van der Waals surface area (Å²) in [5.41, 5.74) is 2.65. The van der Waals surface area contributed by atoms with Crippen LogP contribution in [0.2, 0.25) is 0 Å². The number of aromatic amines is 1. The van der Waals surface area contributed by atoms with Gasteiger partial charge in [-0.15, -0.1) is 0 Å². The molecule has 0 spiro atoms. The zero-order valence-corrected chi connectivity index (χ0v) is 15.4. The molecule has 2 fully saturated rings. The van der Waals surface area contributed by atoms with Gasteiger partial charge in [0.1, 0.15) is 0 Å². The van der Waals surface area contributed by atoms with E-state index < -0.39 is 0 Å². The number of H-pyrrole nitrogens is 1. The normalized spacial score (nSPS) is 21.5. The zero-order chi connectivity index (χ0) is 17.9. The van der Waals surface area contributed by atoms with Crippen molar-refractivity contribution in [2.75, 3.05) is 32.7 Å². The quantitative estimate of drug-likeness (QED) is 0.853. The van der Waals surface area contributed by atoms with E-state index in [9.17, 15) is 9.59 Å². The van der Waals surface area contributed by atoms with Gasteiger partial charge in [0.05, 0.1) is 0 Å². The summed E-state index contributed by atoms with van der Waals surface area (Å²) in [6.07, 6.45) is 7.34. The monoisotopic (exact) mass is 359 g/mol. The minimum atomic E-state index is -0.00343. The first-order valence-electron chi connectivity index (χ1n) is 10.1. The average Bonchev–Trinajstić information content (AvgIpc) is 3.25. The molecule has 1 aliphatic carbocycles. The second kappa shape index (κ2) is 7.78. The SMILES string of the molecule is O=C(CC1CCCC1)N1CCCN(C(=O)c2n[nH]c3c2CNCC3)CC1. The van der Waals surface area contributed by atoms with Gasteiger partial charge in [0.25, 0.3) is 5.91 Å². The predicted molar refractivity (Wildman–Crippen MR) is 97.7 cm³/mol. The molecule has 0 radical (unpaired) electrons. The molecule has 26 heavy (non-hydrogen) atoms. The van der Waals surface area contributed by atoms with Gasteiger partial charge in [0.2, 0.25) is 5.91 Å². The van der Waals surface area contributed by atoms with Gasteiger partial charge >= 0.3 is 0 Å². The fourth-order valence-electron chi connectivity index (χ4n) is 4.51. The molecule has 7 nitrogen and oxygen atoms in total. The van der Waals surface area contributed by atoms with Gasteiger partial charge in [0.15, 0.2) is 5.69 Å². The fraction of sp³-hybridized carbons (Fsp3) is 0.737. The van der Waals surface area contributed by atoms with Crippen molar-refractivity contribution in [1.29, 1.82) is 0 Å². The minimum absolute atomic E-state index is 0.00343. The van der Waals surface area contributed by atoms with Crippen LogP contribution in [-0.4, -0.2) is 64.5 Å². The summed E-state index contributed by atoms with van der Waals surface area (Å²) in [5, 5.41) is 10.6. The lowest BCUT2D eigenvalue weighted by molar-refractivity contribution is -0.132. The molecule has 1 saturated carbocycles. The molecular formula is C19H29N5O2. The van der Waals surface area contributed by atoms with Gasteiger partial charge in [0, 0.05) is 63.4 Å².